The van der Waals surface area contributed by atoms with E-state index in [0.717, 1.165) is 31.5 Å². The van der Waals surface area contributed by atoms with Crippen LogP contribution in [0.5, 0.6) is 0 Å². The lowest BCUT2D eigenvalue weighted by atomic mass is 9.88. The molecule has 0 radical (unpaired) electrons. The number of fused-ring (bicyclic) bond motifs is 1. The molecule has 0 amide bonds. The van der Waals surface area contributed by atoms with E-state index in [1.54, 1.807) is 0 Å². The molecule has 0 saturated heterocycles. The number of aliphatic hydroxyl groups is 1. The Morgan fingerprint density at radius 2 is 1.76 bits per heavy atom. The van der Waals surface area contributed by atoms with Crippen LogP contribution in [0.2, 0.25) is 0 Å². The number of para-hydroxylation sites is 1. The number of aliphatic hydroxyl groups excluding tert-OH is 1. The third-order valence-electron chi connectivity index (χ3n) is 4.44. The number of benzene rings is 2. The maximum atomic E-state index is 9.76. The molecule has 2 aromatic rings. The standard InChI is InChI=1S/C18H22N2O/c19-18(14-21,16-7-2-1-3-8-16)11-13-20-12-10-15-6-4-5-9-17(15)20/h1-9,21H,10-14,19H2. The zero-order valence-electron chi connectivity index (χ0n) is 12.2. The van der Waals surface area contributed by atoms with Gasteiger partial charge in [0.1, 0.15) is 0 Å². The van der Waals surface area contributed by atoms with Crippen molar-refractivity contribution in [2.75, 3.05) is 24.6 Å². The van der Waals surface area contributed by atoms with Gasteiger partial charge in [-0.2, -0.15) is 0 Å². The second-order valence-electron chi connectivity index (χ2n) is 5.80. The first-order chi connectivity index (χ1) is 10.2. The maximum Gasteiger partial charge on any atom is 0.0661 e. The number of nitrogens with two attached hydrogens (primary N) is 1. The van der Waals surface area contributed by atoms with Gasteiger partial charge >= 0.3 is 0 Å². The first-order valence-corrected chi connectivity index (χ1v) is 7.51. The summed E-state index contributed by atoms with van der Waals surface area (Å²) >= 11 is 0. The fraction of sp³-hybridized carbons (Fsp3) is 0.333. The number of rotatable bonds is 5. The molecule has 21 heavy (non-hydrogen) atoms. The van der Waals surface area contributed by atoms with Gasteiger partial charge in [0.2, 0.25) is 0 Å². The van der Waals surface area contributed by atoms with E-state index in [9.17, 15) is 5.11 Å². The Morgan fingerprint density at radius 3 is 2.52 bits per heavy atom. The zero-order valence-corrected chi connectivity index (χ0v) is 12.2. The largest absolute Gasteiger partial charge is 0.394 e. The molecule has 0 spiro atoms. The van der Waals surface area contributed by atoms with Crippen LogP contribution in [-0.4, -0.2) is 24.8 Å². The van der Waals surface area contributed by atoms with Crippen LogP contribution in [-0.2, 0) is 12.0 Å². The summed E-state index contributed by atoms with van der Waals surface area (Å²) in [5.74, 6) is 0. The fourth-order valence-electron chi connectivity index (χ4n) is 3.06. The minimum atomic E-state index is -0.668. The molecule has 1 heterocycles. The number of anilines is 1. The van der Waals surface area contributed by atoms with Crippen LogP contribution in [0.25, 0.3) is 0 Å². The van der Waals surface area contributed by atoms with E-state index in [-0.39, 0.29) is 6.61 Å². The molecule has 0 saturated carbocycles. The lowest BCUT2D eigenvalue weighted by molar-refractivity contribution is 0.189. The highest BCUT2D eigenvalue weighted by molar-refractivity contribution is 5.57. The summed E-state index contributed by atoms with van der Waals surface area (Å²) < 4.78 is 0. The van der Waals surface area contributed by atoms with Crippen LogP contribution >= 0.6 is 0 Å². The predicted molar refractivity (Wildman–Crippen MR) is 86.4 cm³/mol. The van der Waals surface area contributed by atoms with Crippen molar-refractivity contribution in [3.63, 3.8) is 0 Å². The third-order valence-corrected chi connectivity index (χ3v) is 4.44. The van der Waals surface area contributed by atoms with Gasteiger partial charge in [-0.25, -0.2) is 0 Å². The monoisotopic (exact) mass is 282 g/mol. The second kappa shape index (κ2) is 5.88. The highest BCUT2D eigenvalue weighted by atomic mass is 16.3. The minimum Gasteiger partial charge on any atom is -0.394 e. The number of hydrogen-bond acceptors (Lipinski definition) is 3. The second-order valence-corrected chi connectivity index (χ2v) is 5.80. The van der Waals surface area contributed by atoms with Gasteiger partial charge in [0.25, 0.3) is 0 Å². The van der Waals surface area contributed by atoms with Gasteiger partial charge < -0.3 is 15.7 Å². The molecule has 0 bridgehead atoms. The van der Waals surface area contributed by atoms with E-state index in [2.05, 4.69) is 29.2 Å². The van der Waals surface area contributed by atoms with E-state index in [0.29, 0.717) is 0 Å². The van der Waals surface area contributed by atoms with Gasteiger partial charge in [-0.1, -0.05) is 48.5 Å². The summed E-state index contributed by atoms with van der Waals surface area (Å²) in [6, 6.07) is 18.4. The summed E-state index contributed by atoms with van der Waals surface area (Å²) in [5, 5.41) is 9.76. The van der Waals surface area contributed by atoms with Gasteiger partial charge in [0.15, 0.2) is 0 Å². The van der Waals surface area contributed by atoms with Crippen molar-refractivity contribution in [1.82, 2.24) is 0 Å². The van der Waals surface area contributed by atoms with Crippen molar-refractivity contribution >= 4 is 5.69 Å². The third kappa shape index (κ3) is 2.80. The molecule has 3 heteroatoms. The van der Waals surface area contributed by atoms with Crippen LogP contribution in [0, 0.1) is 0 Å². The van der Waals surface area contributed by atoms with Gasteiger partial charge in [-0.3, -0.25) is 0 Å². The van der Waals surface area contributed by atoms with E-state index in [1.807, 2.05) is 30.3 Å². The summed E-state index contributed by atoms with van der Waals surface area (Å²) in [5.41, 5.74) is 9.49. The van der Waals surface area contributed by atoms with Gasteiger partial charge in [0, 0.05) is 18.8 Å². The number of nitrogens with zero attached hydrogens (tertiary/aromatic N) is 1. The molecular formula is C18H22N2O. The van der Waals surface area contributed by atoms with E-state index in [4.69, 9.17) is 5.73 Å². The van der Waals surface area contributed by atoms with Gasteiger partial charge in [0.05, 0.1) is 12.1 Å². The SMILES string of the molecule is NC(CO)(CCN1CCc2ccccc21)c1ccccc1. The summed E-state index contributed by atoms with van der Waals surface area (Å²) in [4.78, 5) is 2.37. The molecule has 0 aromatic heterocycles. The molecule has 0 aliphatic carbocycles. The van der Waals surface area contributed by atoms with Crippen LogP contribution in [0.1, 0.15) is 17.5 Å². The Labute approximate surface area is 126 Å². The molecule has 1 atom stereocenters. The minimum absolute atomic E-state index is 0.0352. The Kier molecular flexibility index (Phi) is 3.95. The van der Waals surface area contributed by atoms with Crippen molar-refractivity contribution in [2.45, 2.75) is 18.4 Å². The van der Waals surface area contributed by atoms with Crippen LogP contribution in [0.3, 0.4) is 0 Å². The molecule has 110 valence electrons. The van der Waals surface area contributed by atoms with Crippen molar-refractivity contribution < 1.29 is 5.11 Å². The Bertz CT molecular complexity index is 599. The quantitative estimate of drug-likeness (QED) is 0.884. The molecule has 1 unspecified atom stereocenters. The first-order valence-electron chi connectivity index (χ1n) is 7.51. The molecule has 3 N–H and O–H groups in total. The van der Waals surface area contributed by atoms with Crippen molar-refractivity contribution in [1.29, 1.82) is 0 Å². The molecule has 1 aliphatic heterocycles. The van der Waals surface area contributed by atoms with Gasteiger partial charge in [-0.05, 0) is 30.0 Å². The smallest absolute Gasteiger partial charge is 0.0661 e. The summed E-state index contributed by atoms with van der Waals surface area (Å²) in [7, 11) is 0. The van der Waals surface area contributed by atoms with E-state index >= 15 is 0 Å². The lowest BCUT2D eigenvalue weighted by Gasteiger charge is -2.31. The molecule has 1 aliphatic rings. The van der Waals surface area contributed by atoms with E-state index < -0.39 is 5.54 Å². The van der Waals surface area contributed by atoms with Crippen molar-refractivity contribution in [2.24, 2.45) is 5.73 Å². The highest BCUT2D eigenvalue weighted by Gasteiger charge is 2.28. The Hall–Kier alpha value is -1.84. The average Bonchev–Trinajstić information content (AvgIpc) is 2.97. The maximum absolute atomic E-state index is 9.76. The first kappa shape index (κ1) is 14.1. The Morgan fingerprint density at radius 1 is 1.05 bits per heavy atom. The lowest BCUT2D eigenvalue weighted by Crippen LogP contribution is -2.43. The molecule has 0 fully saturated rings. The summed E-state index contributed by atoms with van der Waals surface area (Å²) in [6.07, 6.45) is 1.83. The average molecular weight is 282 g/mol. The number of hydrogen-bond donors (Lipinski definition) is 2. The predicted octanol–water partition coefficient (Wildman–Crippen LogP) is 2.29. The molecular weight excluding hydrogens is 260 g/mol. The van der Waals surface area contributed by atoms with Crippen molar-refractivity contribution in [3.05, 3.63) is 65.7 Å². The van der Waals surface area contributed by atoms with E-state index in [1.165, 1.54) is 11.3 Å². The Balaban J connectivity index is 1.72. The summed E-state index contributed by atoms with van der Waals surface area (Å²) in [6.45, 7) is 1.87. The molecule has 2 aromatic carbocycles. The zero-order chi connectivity index (χ0) is 14.7. The van der Waals surface area contributed by atoms with Gasteiger partial charge in [-0.15, -0.1) is 0 Å². The topological polar surface area (TPSA) is 49.5 Å². The highest BCUT2D eigenvalue weighted by Crippen LogP contribution is 2.29. The molecule has 3 nitrogen and oxygen atoms in total. The normalized spacial score (nSPS) is 16.6. The fourth-order valence-corrected chi connectivity index (χ4v) is 3.06. The van der Waals surface area contributed by atoms with Crippen LogP contribution in [0.4, 0.5) is 5.69 Å². The van der Waals surface area contributed by atoms with Crippen LogP contribution < -0.4 is 10.6 Å². The molecule has 3 rings (SSSR count). The van der Waals surface area contributed by atoms with Crippen LogP contribution in [0.15, 0.2) is 54.6 Å². The van der Waals surface area contributed by atoms with Crippen molar-refractivity contribution in [3.8, 4) is 0 Å².